The standard InChI is InChI=1S/C12H15BrN4/c1-8-7-9(13)5-6-10(8)17-11(12(2,3)4)14-15-16-17/h5-7H,1-4H3. The van der Waals surface area contributed by atoms with Gasteiger partial charge < -0.3 is 0 Å². The molecule has 90 valence electrons. The van der Waals surface area contributed by atoms with E-state index in [1.54, 1.807) is 0 Å². The van der Waals surface area contributed by atoms with Crippen molar-refractivity contribution in [1.82, 2.24) is 20.2 Å². The third kappa shape index (κ3) is 2.39. The van der Waals surface area contributed by atoms with Crippen molar-refractivity contribution in [1.29, 1.82) is 0 Å². The second-order valence-corrected chi connectivity index (χ2v) is 6.01. The van der Waals surface area contributed by atoms with Gasteiger partial charge in [0.25, 0.3) is 0 Å². The highest BCUT2D eigenvalue weighted by Gasteiger charge is 2.23. The Hall–Kier alpha value is -1.23. The van der Waals surface area contributed by atoms with Crippen molar-refractivity contribution < 1.29 is 0 Å². The molecule has 2 aromatic rings. The van der Waals surface area contributed by atoms with Crippen molar-refractivity contribution in [3.05, 3.63) is 34.1 Å². The second kappa shape index (κ2) is 4.22. The van der Waals surface area contributed by atoms with Gasteiger partial charge in [0.1, 0.15) is 0 Å². The van der Waals surface area contributed by atoms with Gasteiger partial charge in [-0.05, 0) is 41.1 Å². The smallest absolute Gasteiger partial charge is 0.162 e. The number of hydrogen-bond acceptors (Lipinski definition) is 3. The monoisotopic (exact) mass is 294 g/mol. The zero-order valence-electron chi connectivity index (χ0n) is 10.4. The topological polar surface area (TPSA) is 43.6 Å². The van der Waals surface area contributed by atoms with E-state index in [1.807, 2.05) is 23.7 Å². The van der Waals surface area contributed by atoms with E-state index in [9.17, 15) is 0 Å². The average Bonchev–Trinajstić information content (AvgIpc) is 2.65. The Bertz CT molecular complexity index is 540. The minimum absolute atomic E-state index is 0.0803. The molecule has 0 aliphatic carbocycles. The van der Waals surface area contributed by atoms with E-state index >= 15 is 0 Å². The molecule has 0 radical (unpaired) electrons. The normalized spacial score (nSPS) is 11.8. The van der Waals surface area contributed by atoms with Crippen LogP contribution in [0.2, 0.25) is 0 Å². The number of tetrazole rings is 1. The van der Waals surface area contributed by atoms with Crippen LogP contribution >= 0.6 is 15.9 Å². The molecular formula is C12H15BrN4. The van der Waals surface area contributed by atoms with Gasteiger partial charge in [-0.25, -0.2) is 0 Å². The van der Waals surface area contributed by atoms with E-state index in [0.717, 1.165) is 21.5 Å². The first kappa shape index (κ1) is 12.2. The van der Waals surface area contributed by atoms with Crippen LogP contribution in [0.4, 0.5) is 0 Å². The number of halogens is 1. The molecule has 0 spiro atoms. The number of hydrogen-bond donors (Lipinski definition) is 0. The van der Waals surface area contributed by atoms with Crippen molar-refractivity contribution in [3.63, 3.8) is 0 Å². The van der Waals surface area contributed by atoms with Crippen LogP contribution in [-0.4, -0.2) is 20.2 Å². The number of rotatable bonds is 1. The molecule has 1 heterocycles. The highest BCUT2D eigenvalue weighted by atomic mass is 79.9. The van der Waals surface area contributed by atoms with Crippen LogP contribution in [0.3, 0.4) is 0 Å². The summed E-state index contributed by atoms with van der Waals surface area (Å²) in [5, 5.41) is 12.0. The first-order valence-corrected chi connectivity index (χ1v) is 6.24. The maximum atomic E-state index is 4.12. The lowest BCUT2D eigenvalue weighted by atomic mass is 9.95. The quantitative estimate of drug-likeness (QED) is 0.812. The molecule has 0 amide bonds. The summed E-state index contributed by atoms with van der Waals surface area (Å²) < 4.78 is 2.87. The van der Waals surface area contributed by atoms with E-state index in [2.05, 4.69) is 58.3 Å². The minimum atomic E-state index is -0.0803. The Morgan fingerprint density at radius 2 is 1.94 bits per heavy atom. The highest BCUT2D eigenvalue weighted by molar-refractivity contribution is 9.10. The SMILES string of the molecule is Cc1cc(Br)ccc1-n1nnnc1C(C)(C)C. The predicted molar refractivity (Wildman–Crippen MR) is 70.3 cm³/mol. The van der Waals surface area contributed by atoms with Gasteiger partial charge in [-0.15, -0.1) is 5.10 Å². The van der Waals surface area contributed by atoms with E-state index in [-0.39, 0.29) is 5.41 Å². The lowest BCUT2D eigenvalue weighted by Crippen LogP contribution is -2.19. The third-order valence-electron chi connectivity index (χ3n) is 2.53. The highest BCUT2D eigenvalue weighted by Crippen LogP contribution is 2.24. The molecule has 0 N–H and O–H groups in total. The lowest BCUT2D eigenvalue weighted by molar-refractivity contribution is 0.525. The van der Waals surface area contributed by atoms with Crippen LogP contribution in [-0.2, 0) is 5.41 Å². The summed E-state index contributed by atoms with van der Waals surface area (Å²) in [6.45, 7) is 8.35. The van der Waals surface area contributed by atoms with Gasteiger partial charge in [0, 0.05) is 9.89 Å². The molecule has 0 fully saturated rings. The van der Waals surface area contributed by atoms with Gasteiger partial charge in [0.15, 0.2) is 5.82 Å². The molecule has 0 atom stereocenters. The number of nitrogens with zero attached hydrogens (tertiary/aromatic N) is 4. The van der Waals surface area contributed by atoms with Gasteiger partial charge >= 0.3 is 0 Å². The zero-order chi connectivity index (χ0) is 12.6. The van der Waals surface area contributed by atoms with Crippen LogP contribution in [0, 0.1) is 6.92 Å². The molecule has 17 heavy (non-hydrogen) atoms. The van der Waals surface area contributed by atoms with Crippen LogP contribution in [0.15, 0.2) is 22.7 Å². The minimum Gasteiger partial charge on any atom is -0.197 e. The Labute approximate surface area is 109 Å². The van der Waals surface area contributed by atoms with E-state index < -0.39 is 0 Å². The molecule has 0 saturated carbocycles. The third-order valence-corrected chi connectivity index (χ3v) is 3.02. The molecule has 5 heteroatoms. The number of aromatic nitrogens is 4. The largest absolute Gasteiger partial charge is 0.197 e. The number of benzene rings is 1. The van der Waals surface area contributed by atoms with Gasteiger partial charge in [0.2, 0.25) is 0 Å². The van der Waals surface area contributed by atoms with Crippen LogP contribution < -0.4 is 0 Å². The van der Waals surface area contributed by atoms with Crippen molar-refractivity contribution in [2.75, 3.05) is 0 Å². The second-order valence-electron chi connectivity index (χ2n) is 5.10. The Balaban J connectivity index is 2.58. The van der Waals surface area contributed by atoms with Crippen molar-refractivity contribution >= 4 is 15.9 Å². The van der Waals surface area contributed by atoms with E-state index in [1.165, 1.54) is 0 Å². The summed E-state index contributed by atoms with van der Waals surface area (Å²) in [7, 11) is 0. The van der Waals surface area contributed by atoms with Crippen molar-refractivity contribution in [2.45, 2.75) is 33.1 Å². The fourth-order valence-electron chi connectivity index (χ4n) is 1.67. The Morgan fingerprint density at radius 3 is 2.53 bits per heavy atom. The van der Waals surface area contributed by atoms with Crippen LogP contribution in [0.1, 0.15) is 32.2 Å². The van der Waals surface area contributed by atoms with Crippen molar-refractivity contribution in [2.24, 2.45) is 0 Å². The summed E-state index contributed by atoms with van der Waals surface area (Å²) in [6, 6.07) is 6.07. The first-order chi connectivity index (χ1) is 7.89. The molecule has 1 aromatic heterocycles. The maximum Gasteiger partial charge on any atom is 0.162 e. The fourth-order valence-corrected chi connectivity index (χ4v) is 2.15. The van der Waals surface area contributed by atoms with Gasteiger partial charge in [-0.3, -0.25) is 0 Å². The summed E-state index contributed by atoms with van der Waals surface area (Å²) in [5.41, 5.74) is 2.07. The molecule has 1 aromatic carbocycles. The average molecular weight is 295 g/mol. The van der Waals surface area contributed by atoms with E-state index in [0.29, 0.717) is 0 Å². The molecular weight excluding hydrogens is 280 g/mol. The molecule has 0 aliphatic heterocycles. The van der Waals surface area contributed by atoms with Gasteiger partial charge in [0.05, 0.1) is 5.69 Å². The van der Waals surface area contributed by atoms with Crippen LogP contribution in [0.5, 0.6) is 0 Å². The molecule has 0 saturated heterocycles. The molecule has 4 nitrogen and oxygen atoms in total. The van der Waals surface area contributed by atoms with Gasteiger partial charge in [-0.2, -0.15) is 4.68 Å². The molecule has 0 bridgehead atoms. The lowest BCUT2D eigenvalue weighted by Gasteiger charge is -2.18. The molecule has 0 aliphatic rings. The Kier molecular flexibility index (Phi) is 3.03. The summed E-state index contributed by atoms with van der Waals surface area (Å²) in [4.78, 5) is 0. The summed E-state index contributed by atoms with van der Waals surface area (Å²) in [5.74, 6) is 0.864. The summed E-state index contributed by atoms with van der Waals surface area (Å²) >= 11 is 3.46. The summed E-state index contributed by atoms with van der Waals surface area (Å²) in [6.07, 6.45) is 0. The first-order valence-electron chi connectivity index (χ1n) is 5.45. The van der Waals surface area contributed by atoms with Crippen LogP contribution in [0.25, 0.3) is 5.69 Å². The molecule has 2 rings (SSSR count). The number of aryl methyl sites for hydroxylation is 1. The van der Waals surface area contributed by atoms with Crippen molar-refractivity contribution in [3.8, 4) is 5.69 Å². The maximum absolute atomic E-state index is 4.12. The zero-order valence-corrected chi connectivity index (χ0v) is 12.0. The van der Waals surface area contributed by atoms with Gasteiger partial charge in [-0.1, -0.05) is 36.7 Å². The fraction of sp³-hybridized carbons (Fsp3) is 0.417. The van der Waals surface area contributed by atoms with E-state index in [4.69, 9.17) is 0 Å². The Morgan fingerprint density at radius 1 is 1.24 bits per heavy atom. The predicted octanol–water partition coefficient (Wildman–Crippen LogP) is 3.03. The molecule has 0 unspecified atom stereocenters.